The van der Waals surface area contributed by atoms with Crippen molar-refractivity contribution < 1.29 is 27.9 Å². The molecule has 1 aromatic heterocycles. The van der Waals surface area contributed by atoms with Gasteiger partial charge < -0.3 is 20.2 Å². The van der Waals surface area contributed by atoms with Crippen molar-refractivity contribution in [1.29, 1.82) is 0 Å². The molecule has 1 aliphatic rings. The van der Waals surface area contributed by atoms with E-state index in [1.807, 2.05) is 0 Å². The molecule has 2 aromatic carbocycles. The van der Waals surface area contributed by atoms with Gasteiger partial charge in [-0.25, -0.2) is 18.4 Å². The van der Waals surface area contributed by atoms with Crippen molar-refractivity contribution in [2.24, 2.45) is 11.7 Å². The minimum atomic E-state index is -1.20. The number of hydrogen-bond acceptors (Lipinski definition) is 4. The van der Waals surface area contributed by atoms with Gasteiger partial charge in [0, 0.05) is 19.0 Å². The van der Waals surface area contributed by atoms with Gasteiger partial charge in [0.05, 0.1) is 5.69 Å². The van der Waals surface area contributed by atoms with E-state index in [4.69, 9.17) is 10.2 Å². The van der Waals surface area contributed by atoms with Crippen LogP contribution in [0.4, 0.5) is 19.3 Å². The van der Waals surface area contributed by atoms with Crippen molar-refractivity contribution in [2.75, 3.05) is 31.1 Å². The quantitative estimate of drug-likeness (QED) is 0.484. The number of furan rings is 1. The molecule has 0 spiro atoms. The predicted octanol–water partition coefficient (Wildman–Crippen LogP) is 4.69. The second kappa shape index (κ2) is 10.7. The van der Waals surface area contributed by atoms with Crippen LogP contribution in [0.2, 0.25) is 0 Å². The van der Waals surface area contributed by atoms with Crippen LogP contribution in [-0.4, -0.2) is 48.2 Å². The van der Waals surface area contributed by atoms with Crippen molar-refractivity contribution in [2.45, 2.75) is 18.8 Å². The molecule has 35 heavy (non-hydrogen) atoms. The molecule has 3 N–H and O–H groups in total. The second-order valence-corrected chi connectivity index (χ2v) is 8.73. The summed E-state index contributed by atoms with van der Waals surface area (Å²) >= 11 is 0. The van der Waals surface area contributed by atoms with E-state index in [1.54, 1.807) is 24.3 Å². The number of nitrogens with two attached hydrogens (primary N) is 1. The van der Waals surface area contributed by atoms with E-state index in [1.165, 1.54) is 35.4 Å². The van der Waals surface area contributed by atoms with Crippen LogP contribution < -0.4 is 10.6 Å². The lowest BCUT2D eigenvalue weighted by Gasteiger charge is -2.37. The number of benzene rings is 2. The van der Waals surface area contributed by atoms with Crippen LogP contribution in [-0.2, 0) is 0 Å². The van der Waals surface area contributed by atoms with E-state index >= 15 is 0 Å². The highest BCUT2D eigenvalue weighted by atomic mass is 19.1. The van der Waals surface area contributed by atoms with Gasteiger partial charge >= 0.3 is 12.0 Å². The number of aromatic carboxylic acids is 1. The van der Waals surface area contributed by atoms with E-state index in [0.717, 1.165) is 43.3 Å². The fourth-order valence-electron chi connectivity index (χ4n) is 4.84. The third-order valence-corrected chi connectivity index (χ3v) is 6.63. The molecule has 0 saturated carbocycles. The molecule has 9 heteroatoms. The van der Waals surface area contributed by atoms with E-state index in [9.17, 15) is 23.5 Å². The summed E-state index contributed by atoms with van der Waals surface area (Å²) in [6, 6.07) is 12.2. The summed E-state index contributed by atoms with van der Waals surface area (Å²) in [6.07, 6.45) is 3.98. The Morgan fingerprint density at radius 3 is 2.03 bits per heavy atom. The number of piperidine rings is 1. The fraction of sp³-hybridized carbons (Fsp3) is 0.308. The van der Waals surface area contributed by atoms with E-state index in [2.05, 4.69) is 4.90 Å². The lowest BCUT2D eigenvalue weighted by Crippen LogP contribution is -2.44. The molecule has 184 valence electrons. The number of carboxylic acid groups (broad SMARTS) is 1. The van der Waals surface area contributed by atoms with Gasteiger partial charge in [0.2, 0.25) is 0 Å². The number of anilines is 1. The maximum Gasteiger partial charge on any atom is 0.341 e. The number of amides is 2. The third kappa shape index (κ3) is 5.68. The molecule has 3 aromatic rings. The van der Waals surface area contributed by atoms with Crippen LogP contribution in [0.1, 0.15) is 40.2 Å². The fourth-order valence-corrected chi connectivity index (χ4v) is 4.84. The number of rotatable bonds is 8. The van der Waals surface area contributed by atoms with Crippen LogP contribution in [0.3, 0.4) is 0 Å². The topological polar surface area (TPSA) is 100 Å². The number of carboxylic acids is 1. The number of halogens is 2. The van der Waals surface area contributed by atoms with Gasteiger partial charge in [-0.15, -0.1) is 0 Å². The normalized spacial score (nSPS) is 14.8. The zero-order chi connectivity index (χ0) is 24.9. The maximum atomic E-state index is 13.5. The van der Waals surface area contributed by atoms with Crippen molar-refractivity contribution in [1.82, 2.24) is 4.90 Å². The molecule has 2 heterocycles. The van der Waals surface area contributed by atoms with Crippen LogP contribution in [0.5, 0.6) is 0 Å². The molecule has 2 amide bonds. The number of primary amides is 1. The minimum absolute atomic E-state index is 0.00419. The standard InChI is InChI=1S/C26H27F2N3O4/c27-20-5-1-17(2-6-20)24(18-3-7-21(28)8-4-18)19-9-11-30(12-10-19)13-14-31(26(29)34)23-16-35-15-22(23)25(32)33/h1-8,15-16,19,24H,9-14H2,(H2,29,34)(H,32,33). The van der Waals surface area contributed by atoms with Crippen LogP contribution in [0, 0.1) is 17.6 Å². The lowest BCUT2D eigenvalue weighted by molar-refractivity contribution is 0.0697. The van der Waals surface area contributed by atoms with E-state index in [0.29, 0.717) is 6.54 Å². The average molecular weight is 484 g/mol. The van der Waals surface area contributed by atoms with Gasteiger partial charge in [-0.2, -0.15) is 0 Å². The smallest absolute Gasteiger partial charge is 0.341 e. The first-order valence-electron chi connectivity index (χ1n) is 11.4. The second-order valence-electron chi connectivity index (χ2n) is 8.73. The van der Waals surface area contributed by atoms with Gasteiger partial charge in [0.1, 0.15) is 29.7 Å². The number of carbonyl (C=O) groups is 2. The third-order valence-electron chi connectivity index (χ3n) is 6.63. The van der Waals surface area contributed by atoms with Gasteiger partial charge in [0.25, 0.3) is 0 Å². The number of hydrogen-bond donors (Lipinski definition) is 2. The van der Waals surface area contributed by atoms with E-state index < -0.39 is 12.0 Å². The molecular formula is C26H27F2N3O4. The molecule has 1 aliphatic heterocycles. The summed E-state index contributed by atoms with van der Waals surface area (Å²) in [7, 11) is 0. The lowest BCUT2D eigenvalue weighted by atomic mass is 9.76. The van der Waals surface area contributed by atoms with Crippen molar-refractivity contribution in [3.63, 3.8) is 0 Å². The number of likely N-dealkylation sites (tertiary alicyclic amines) is 1. The van der Waals surface area contributed by atoms with Crippen molar-refractivity contribution in [3.05, 3.63) is 89.4 Å². The van der Waals surface area contributed by atoms with Crippen LogP contribution in [0.15, 0.2) is 65.5 Å². The molecule has 0 aliphatic carbocycles. The van der Waals surface area contributed by atoms with Crippen molar-refractivity contribution in [3.8, 4) is 0 Å². The monoisotopic (exact) mass is 483 g/mol. The number of nitrogens with zero attached hydrogens (tertiary/aromatic N) is 2. The van der Waals surface area contributed by atoms with E-state index in [-0.39, 0.29) is 41.3 Å². The Morgan fingerprint density at radius 2 is 1.54 bits per heavy atom. The summed E-state index contributed by atoms with van der Waals surface area (Å²) < 4.78 is 32.1. The zero-order valence-corrected chi connectivity index (χ0v) is 19.1. The van der Waals surface area contributed by atoms with Crippen LogP contribution in [0.25, 0.3) is 0 Å². The molecule has 0 unspecified atom stereocenters. The molecule has 1 fully saturated rings. The Balaban J connectivity index is 1.43. The first-order chi connectivity index (χ1) is 16.8. The Morgan fingerprint density at radius 1 is 1.00 bits per heavy atom. The highest BCUT2D eigenvalue weighted by molar-refractivity contribution is 6.00. The Bertz CT molecular complexity index is 1110. The summed E-state index contributed by atoms with van der Waals surface area (Å²) in [4.78, 5) is 26.8. The molecule has 0 atom stereocenters. The summed E-state index contributed by atoms with van der Waals surface area (Å²) in [6.45, 7) is 2.25. The average Bonchev–Trinajstić information content (AvgIpc) is 3.32. The summed E-state index contributed by atoms with van der Waals surface area (Å²) in [5, 5.41) is 9.31. The molecule has 0 bridgehead atoms. The maximum absolute atomic E-state index is 13.5. The van der Waals surface area contributed by atoms with Gasteiger partial charge in [-0.05, 0) is 67.2 Å². The Labute approximate surface area is 201 Å². The van der Waals surface area contributed by atoms with Gasteiger partial charge in [-0.3, -0.25) is 4.90 Å². The summed E-state index contributed by atoms with van der Waals surface area (Å²) in [5.74, 6) is -1.53. The van der Waals surface area contributed by atoms with Gasteiger partial charge in [-0.1, -0.05) is 24.3 Å². The molecule has 0 radical (unpaired) electrons. The molecular weight excluding hydrogens is 456 g/mol. The molecule has 4 rings (SSSR count). The first kappa shape index (κ1) is 24.4. The summed E-state index contributed by atoms with van der Waals surface area (Å²) in [5.41, 5.74) is 7.48. The minimum Gasteiger partial charge on any atom is -0.477 e. The highest BCUT2D eigenvalue weighted by Gasteiger charge is 2.30. The van der Waals surface area contributed by atoms with Gasteiger partial charge in [0.15, 0.2) is 0 Å². The molecule has 7 nitrogen and oxygen atoms in total. The van der Waals surface area contributed by atoms with Crippen molar-refractivity contribution >= 4 is 17.7 Å². The SMILES string of the molecule is NC(=O)N(CCN1CCC(C(c2ccc(F)cc2)c2ccc(F)cc2)CC1)c1cocc1C(=O)O. The first-order valence-corrected chi connectivity index (χ1v) is 11.4. The Hall–Kier alpha value is -3.72. The zero-order valence-electron chi connectivity index (χ0n) is 19.1. The largest absolute Gasteiger partial charge is 0.477 e. The Kier molecular flexibility index (Phi) is 7.45. The predicted molar refractivity (Wildman–Crippen MR) is 126 cm³/mol. The number of urea groups is 1. The highest BCUT2D eigenvalue weighted by Crippen LogP contribution is 2.38. The number of carbonyl (C=O) groups excluding carboxylic acids is 1. The molecule has 1 saturated heterocycles. The van der Waals surface area contributed by atoms with Crippen LogP contribution >= 0.6 is 0 Å².